The fourth-order valence-corrected chi connectivity index (χ4v) is 3.97. The second kappa shape index (κ2) is 8.53. The lowest BCUT2D eigenvalue weighted by Crippen LogP contribution is -2.14. The molecule has 3 rings (SSSR count). The number of amides is 1. The number of aryl methyl sites for hydroxylation is 2. The Balaban J connectivity index is 1.52. The number of carbonyl (C=O) groups is 1. The van der Waals surface area contributed by atoms with Crippen molar-refractivity contribution in [1.82, 2.24) is 10.2 Å². The lowest BCUT2D eigenvalue weighted by Gasteiger charge is -2.07. The number of hydrogen-bond acceptors (Lipinski definition) is 6. The molecule has 0 fully saturated rings. The van der Waals surface area contributed by atoms with Gasteiger partial charge >= 0.3 is 0 Å². The van der Waals surface area contributed by atoms with E-state index >= 15 is 0 Å². The Bertz CT molecular complexity index is 912. The Kier molecular flexibility index (Phi) is 6.13. The largest absolute Gasteiger partial charge is 0.330 e. The highest BCUT2D eigenvalue weighted by atomic mass is 35.5. The molecule has 0 aliphatic carbocycles. The molecule has 2 aromatic carbocycles. The summed E-state index contributed by atoms with van der Waals surface area (Å²) in [5.74, 6) is 0.104. The van der Waals surface area contributed by atoms with Crippen molar-refractivity contribution in [3.63, 3.8) is 0 Å². The summed E-state index contributed by atoms with van der Waals surface area (Å²) in [6.45, 7) is 3.99. The van der Waals surface area contributed by atoms with Crippen LogP contribution in [0.25, 0.3) is 0 Å². The molecule has 2 N–H and O–H groups in total. The molecule has 0 bridgehead atoms. The van der Waals surface area contributed by atoms with Crippen LogP contribution in [0.2, 0.25) is 5.02 Å². The first-order chi connectivity index (χ1) is 12.5. The lowest BCUT2D eigenvalue weighted by atomic mass is 10.2. The summed E-state index contributed by atoms with van der Waals surface area (Å²) in [7, 11) is 0. The van der Waals surface area contributed by atoms with Crippen LogP contribution >= 0.6 is 34.7 Å². The molecule has 134 valence electrons. The van der Waals surface area contributed by atoms with Gasteiger partial charge < -0.3 is 10.6 Å². The van der Waals surface area contributed by atoms with Gasteiger partial charge in [0.2, 0.25) is 11.0 Å². The second-order valence-corrected chi connectivity index (χ2v) is 8.29. The quantitative estimate of drug-likeness (QED) is 0.547. The second-order valence-electron chi connectivity index (χ2n) is 5.68. The first kappa shape index (κ1) is 18.7. The molecular weight excluding hydrogens is 388 g/mol. The predicted octanol–water partition coefficient (Wildman–Crippen LogP) is 5.28. The zero-order valence-corrected chi connectivity index (χ0v) is 16.6. The van der Waals surface area contributed by atoms with Gasteiger partial charge in [-0.2, -0.15) is 0 Å². The number of carbonyl (C=O) groups excluding carboxylic acids is 1. The van der Waals surface area contributed by atoms with E-state index in [4.69, 9.17) is 11.6 Å². The molecule has 1 heterocycles. The number of aromatic nitrogens is 2. The van der Waals surface area contributed by atoms with Crippen LogP contribution in [0.15, 0.2) is 46.8 Å². The number of rotatable bonds is 6. The first-order valence-corrected chi connectivity index (χ1v) is 10.0. The molecular formula is C18H17ClN4OS2. The standard InChI is InChI=1S/C18H17ClN4OS2/c1-11-3-6-13(7-4-11)20-17-22-23-18(26-17)25-10-16(24)21-15-8-5-12(2)9-14(15)19/h3-9H,10H2,1-2H3,(H,20,22)(H,21,24). The summed E-state index contributed by atoms with van der Waals surface area (Å²) in [6.07, 6.45) is 0. The van der Waals surface area contributed by atoms with E-state index in [2.05, 4.69) is 20.8 Å². The van der Waals surface area contributed by atoms with Crippen molar-refractivity contribution in [1.29, 1.82) is 0 Å². The summed E-state index contributed by atoms with van der Waals surface area (Å²) >= 11 is 8.88. The molecule has 3 aromatic rings. The zero-order valence-electron chi connectivity index (χ0n) is 14.2. The number of anilines is 3. The molecule has 1 amide bonds. The fraction of sp³-hybridized carbons (Fsp3) is 0.167. The molecule has 5 nitrogen and oxygen atoms in total. The number of nitrogens with zero attached hydrogens (tertiary/aromatic N) is 2. The molecule has 1 aromatic heterocycles. The van der Waals surface area contributed by atoms with Crippen LogP contribution in [0, 0.1) is 13.8 Å². The lowest BCUT2D eigenvalue weighted by molar-refractivity contribution is -0.113. The molecule has 0 aliphatic heterocycles. The summed E-state index contributed by atoms with van der Waals surface area (Å²) in [5.41, 5.74) is 3.81. The van der Waals surface area contributed by atoms with E-state index in [0.717, 1.165) is 15.6 Å². The van der Waals surface area contributed by atoms with Crippen LogP contribution in [0.4, 0.5) is 16.5 Å². The van der Waals surface area contributed by atoms with Gasteiger partial charge in [0.05, 0.1) is 16.5 Å². The van der Waals surface area contributed by atoms with Gasteiger partial charge in [-0.3, -0.25) is 4.79 Å². The molecule has 26 heavy (non-hydrogen) atoms. The van der Waals surface area contributed by atoms with Crippen LogP contribution in [0.5, 0.6) is 0 Å². The molecule has 8 heteroatoms. The van der Waals surface area contributed by atoms with E-state index < -0.39 is 0 Å². The Morgan fingerprint density at radius 1 is 1.12 bits per heavy atom. The summed E-state index contributed by atoms with van der Waals surface area (Å²) in [5, 5.41) is 15.4. The van der Waals surface area contributed by atoms with Crippen molar-refractivity contribution in [2.45, 2.75) is 18.2 Å². The minimum Gasteiger partial charge on any atom is -0.330 e. The maximum atomic E-state index is 12.1. The average molecular weight is 405 g/mol. The summed E-state index contributed by atoms with van der Waals surface area (Å²) < 4.78 is 0.727. The zero-order chi connectivity index (χ0) is 18.5. The Labute approximate surface area is 165 Å². The molecule has 0 aliphatic rings. The number of thioether (sulfide) groups is 1. The van der Waals surface area contributed by atoms with E-state index in [1.165, 1.54) is 28.7 Å². The van der Waals surface area contributed by atoms with Crippen molar-refractivity contribution >= 4 is 57.1 Å². The van der Waals surface area contributed by atoms with E-state index in [-0.39, 0.29) is 11.7 Å². The van der Waals surface area contributed by atoms with E-state index in [1.807, 2.05) is 50.2 Å². The van der Waals surface area contributed by atoms with E-state index in [9.17, 15) is 4.79 Å². The number of halogens is 1. The third-order valence-corrected chi connectivity index (χ3v) is 5.72. The van der Waals surface area contributed by atoms with Crippen LogP contribution in [-0.4, -0.2) is 21.9 Å². The molecule has 0 radical (unpaired) electrons. The average Bonchev–Trinajstić information content (AvgIpc) is 3.05. The van der Waals surface area contributed by atoms with Gasteiger partial charge in [0.25, 0.3) is 0 Å². The molecule has 0 saturated heterocycles. The summed E-state index contributed by atoms with van der Waals surface area (Å²) in [4.78, 5) is 12.1. The topological polar surface area (TPSA) is 66.9 Å². The highest BCUT2D eigenvalue weighted by Crippen LogP contribution is 2.28. The fourth-order valence-electron chi connectivity index (χ4n) is 2.11. The SMILES string of the molecule is Cc1ccc(Nc2nnc(SCC(=O)Nc3ccc(C)cc3Cl)s2)cc1. The van der Waals surface area contributed by atoms with Gasteiger partial charge in [-0.15, -0.1) is 10.2 Å². The van der Waals surface area contributed by atoms with Crippen molar-refractivity contribution in [3.8, 4) is 0 Å². The highest BCUT2D eigenvalue weighted by Gasteiger charge is 2.10. The van der Waals surface area contributed by atoms with Crippen molar-refractivity contribution < 1.29 is 4.79 Å². The third kappa shape index (κ3) is 5.20. The van der Waals surface area contributed by atoms with Crippen molar-refractivity contribution in [3.05, 3.63) is 58.6 Å². The normalized spacial score (nSPS) is 10.6. The molecule has 0 saturated carbocycles. The van der Waals surface area contributed by atoms with Gasteiger partial charge in [0.15, 0.2) is 4.34 Å². The maximum absolute atomic E-state index is 12.1. The van der Waals surface area contributed by atoms with Crippen LogP contribution in [0.3, 0.4) is 0 Å². The number of hydrogen-bond donors (Lipinski definition) is 2. The van der Waals surface area contributed by atoms with Crippen LogP contribution < -0.4 is 10.6 Å². The van der Waals surface area contributed by atoms with E-state index in [1.54, 1.807) is 6.07 Å². The minimum atomic E-state index is -0.135. The van der Waals surface area contributed by atoms with Crippen LogP contribution in [-0.2, 0) is 4.79 Å². The predicted molar refractivity (Wildman–Crippen MR) is 110 cm³/mol. The van der Waals surface area contributed by atoms with Crippen molar-refractivity contribution in [2.24, 2.45) is 0 Å². The van der Waals surface area contributed by atoms with Crippen molar-refractivity contribution in [2.75, 3.05) is 16.4 Å². The molecule has 0 spiro atoms. The minimum absolute atomic E-state index is 0.135. The van der Waals surface area contributed by atoms with E-state index in [0.29, 0.717) is 15.8 Å². The van der Waals surface area contributed by atoms with Gasteiger partial charge in [-0.25, -0.2) is 0 Å². The Hall–Kier alpha value is -2.09. The molecule has 0 atom stereocenters. The molecule has 0 unspecified atom stereocenters. The highest BCUT2D eigenvalue weighted by molar-refractivity contribution is 8.01. The number of benzene rings is 2. The smallest absolute Gasteiger partial charge is 0.234 e. The first-order valence-electron chi connectivity index (χ1n) is 7.85. The summed E-state index contributed by atoms with van der Waals surface area (Å²) in [6, 6.07) is 13.6. The Morgan fingerprint density at radius 3 is 2.58 bits per heavy atom. The van der Waals surface area contributed by atoms with Gasteiger partial charge in [-0.1, -0.05) is 58.5 Å². The van der Waals surface area contributed by atoms with Gasteiger partial charge in [0.1, 0.15) is 0 Å². The Morgan fingerprint density at radius 2 is 1.85 bits per heavy atom. The monoisotopic (exact) mass is 404 g/mol. The van der Waals surface area contributed by atoms with Crippen LogP contribution in [0.1, 0.15) is 11.1 Å². The number of nitrogens with one attached hydrogen (secondary N) is 2. The van der Waals surface area contributed by atoms with Gasteiger partial charge in [-0.05, 0) is 43.7 Å². The van der Waals surface area contributed by atoms with Gasteiger partial charge in [0, 0.05) is 5.69 Å². The third-order valence-electron chi connectivity index (χ3n) is 3.43. The maximum Gasteiger partial charge on any atom is 0.234 e.